The molecule has 2 saturated heterocycles. The topological polar surface area (TPSA) is 62.3 Å². The molecule has 6 heteroatoms. The fourth-order valence-corrected chi connectivity index (χ4v) is 5.69. The van der Waals surface area contributed by atoms with Gasteiger partial charge < -0.3 is 5.32 Å². The van der Waals surface area contributed by atoms with Crippen LogP contribution in [-0.2, 0) is 10.0 Å². The molecule has 2 aliphatic heterocycles. The van der Waals surface area contributed by atoms with Crippen molar-refractivity contribution in [1.29, 1.82) is 0 Å². The Morgan fingerprint density at radius 3 is 2.78 bits per heavy atom. The van der Waals surface area contributed by atoms with E-state index in [0.717, 1.165) is 43.1 Å². The van der Waals surface area contributed by atoms with Crippen molar-refractivity contribution in [3.05, 3.63) is 36.7 Å². The molecule has 0 atom stereocenters. The van der Waals surface area contributed by atoms with E-state index in [0.29, 0.717) is 18.0 Å². The van der Waals surface area contributed by atoms with E-state index in [1.165, 1.54) is 0 Å². The summed E-state index contributed by atoms with van der Waals surface area (Å²) in [5, 5.41) is 4.99. The Kier molecular flexibility index (Phi) is 3.63. The van der Waals surface area contributed by atoms with E-state index < -0.39 is 10.0 Å². The number of nitrogens with one attached hydrogen (secondary N) is 1. The molecule has 1 aromatic heterocycles. The quantitative estimate of drug-likeness (QED) is 0.914. The number of hydrogen-bond acceptors (Lipinski definition) is 4. The first-order valence-electron chi connectivity index (χ1n) is 8.14. The third-order valence-electron chi connectivity index (χ3n) is 5.33. The number of piperidine rings is 1. The Hall–Kier alpha value is -1.50. The molecule has 5 nitrogen and oxygen atoms in total. The number of nitrogens with zero attached hydrogens (tertiary/aromatic N) is 2. The summed E-state index contributed by atoms with van der Waals surface area (Å²) in [5.41, 5.74) is 0.171. The maximum absolute atomic E-state index is 13.2. The van der Waals surface area contributed by atoms with Crippen LogP contribution in [0.15, 0.2) is 41.6 Å². The second-order valence-electron chi connectivity index (χ2n) is 6.69. The normalized spacial score (nSPS) is 21.9. The van der Waals surface area contributed by atoms with Gasteiger partial charge >= 0.3 is 0 Å². The molecule has 23 heavy (non-hydrogen) atoms. The molecule has 1 N–H and O–H groups in total. The molecule has 3 heterocycles. The van der Waals surface area contributed by atoms with E-state index in [1.807, 2.05) is 6.07 Å². The molecule has 0 unspecified atom stereocenters. The standard InChI is InChI=1S/C17H21N3O2S/c21-23(22,16-3-1-2-14-12-19-8-4-15(14)16)20-11-7-17(13-20)5-9-18-10-6-17/h1-4,8,12,18H,5-7,9-11,13H2. The van der Waals surface area contributed by atoms with Crippen LogP contribution in [0.3, 0.4) is 0 Å². The molecule has 0 amide bonds. The van der Waals surface area contributed by atoms with Crippen LogP contribution < -0.4 is 5.32 Å². The third kappa shape index (κ3) is 2.55. The highest BCUT2D eigenvalue weighted by atomic mass is 32.2. The zero-order valence-electron chi connectivity index (χ0n) is 13.0. The number of pyridine rings is 1. The Balaban J connectivity index is 1.70. The highest BCUT2D eigenvalue weighted by molar-refractivity contribution is 7.89. The molecule has 2 fully saturated rings. The van der Waals surface area contributed by atoms with Crippen LogP contribution in [0, 0.1) is 5.41 Å². The average Bonchev–Trinajstić information content (AvgIpc) is 2.99. The van der Waals surface area contributed by atoms with Gasteiger partial charge in [-0.25, -0.2) is 8.42 Å². The molecular weight excluding hydrogens is 310 g/mol. The second kappa shape index (κ2) is 5.54. The van der Waals surface area contributed by atoms with Crippen molar-refractivity contribution in [3.8, 4) is 0 Å². The number of rotatable bonds is 2. The average molecular weight is 331 g/mol. The maximum atomic E-state index is 13.2. The Labute approximate surface area is 136 Å². The lowest BCUT2D eigenvalue weighted by molar-refractivity contribution is 0.218. The van der Waals surface area contributed by atoms with Gasteiger partial charge in [-0.1, -0.05) is 12.1 Å². The lowest BCUT2D eigenvalue weighted by atomic mass is 9.78. The van der Waals surface area contributed by atoms with Gasteiger partial charge in [-0.3, -0.25) is 4.98 Å². The van der Waals surface area contributed by atoms with Gasteiger partial charge in [0.2, 0.25) is 10.0 Å². The summed E-state index contributed by atoms with van der Waals surface area (Å²) in [6, 6.07) is 7.20. The maximum Gasteiger partial charge on any atom is 0.243 e. The summed E-state index contributed by atoms with van der Waals surface area (Å²) >= 11 is 0. The zero-order chi connectivity index (χ0) is 15.9. The second-order valence-corrected chi connectivity index (χ2v) is 8.60. The summed E-state index contributed by atoms with van der Waals surface area (Å²) in [4.78, 5) is 4.49. The highest BCUT2D eigenvalue weighted by Gasteiger charge is 2.43. The molecule has 1 spiro atoms. The summed E-state index contributed by atoms with van der Waals surface area (Å²) in [6.07, 6.45) is 6.48. The van der Waals surface area contributed by atoms with Crippen LogP contribution in [0.25, 0.3) is 10.8 Å². The van der Waals surface area contributed by atoms with Crippen molar-refractivity contribution >= 4 is 20.8 Å². The van der Waals surface area contributed by atoms with Crippen LogP contribution >= 0.6 is 0 Å². The molecule has 2 aromatic rings. The minimum atomic E-state index is -3.46. The molecule has 0 bridgehead atoms. The van der Waals surface area contributed by atoms with Gasteiger partial charge in [0.1, 0.15) is 0 Å². The van der Waals surface area contributed by atoms with E-state index in [1.54, 1.807) is 34.9 Å². The van der Waals surface area contributed by atoms with Gasteiger partial charge in [-0.15, -0.1) is 0 Å². The first-order chi connectivity index (χ1) is 11.1. The fourth-order valence-electron chi connectivity index (χ4n) is 3.92. The van der Waals surface area contributed by atoms with E-state index in [2.05, 4.69) is 10.3 Å². The van der Waals surface area contributed by atoms with Gasteiger partial charge in [0.05, 0.1) is 4.90 Å². The molecule has 1 aromatic carbocycles. The van der Waals surface area contributed by atoms with E-state index >= 15 is 0 Å². The summed E-state index contributed by atoms with van der Waals surface area (Å²) in [7, 11) is -3.46. The third-order valence-corrected chi connectivity index (χ3v) is 7.23. The number of fused-ring (bicyclic) bond motifs is 1. The van der Waals surface area contributed by atoms with Crippen LogP contribution in [0.4, 0.5) is 0 Å². The Morgan fingerprint density at radius 1 is 1.13 bits per heavy atom. The Bertz CT molecular complexity index is 823. The van der Waals surface area contributed by atoms with Crippen LogP contribution in [0.5, 0.6) is 0 Å². The van der Waals surface area contributed by atoms with Gasteiger partial charge in [0, 0.05) is 36.3 Å². The van der Waals surface area contributed by atoms with Gasteiger partial charge in [-0.2, -0.15) is 4.31 Å². The summed E-state index contributed by atoms with van der Waals surface area (Å²) in [5.74, 6) is 0. The van der Waals surface area contributed by atoms with E-state index in [-0.39, 0.29) is 5.41 Å². The largest absolute Gasteiger partial charge is 0.317 e. The van der Waals surface area contributed by atoms with Crippen LogP contribution in [-0.4, -0.2) is 43.9 Å². The van der Waals surface area contributed by atoms with Gasteiger partial charge in [0.25, 0.3) is 0 Å². The fraction of sp³-hybridized carbons (Fsp3) is 0.471. The number of benzene rings is 1. The van der Waals surface area contributed by atoms with Crippen LogP contribution in [0.2, 0.25) is 0 Å². The number of hydrogen-bond donors (Lipinski definition) is 1. The van der Waals surface area contributed by atoms with E-state index in [9.17, 15) is 8.42 Å². The SMILES string of the molecule is O=S(=O)(c1cccc2cnccc12)N1CCC2(CCNCC2)C1. The summed E-state index contributed by atoms with van der Waals surface area (Å²) < 4.78 is 28.0. The molecule has 0 aliphatic carbocycles. The van der Waals surface area contributed by atoms with Crippen molar-refractivity contribution in [2.24, 2.45) is 5.41 Å². The van der Waals surface area contributed by atoms with Crippen molar-refractivity contribution < 1.29 is 8.42 Å². The van der Waals surface area contributed by atoms with E-state index in [4.69, 9.17) is 0 Å². The van der Waals surface area contributed by atoms with Gasteiger partial charge in [-0.05, 0) is 49.9 Å². The lowest BCUT2D eigenvalue weighted by Gasteiger charge is -2.33. The first-order valence-corrected chi connectivity index (χ1v) is 9.58. The molecule has 122 valence electrons. The predicted molar refractivity (Wildman–Crippen MR) is 89.7 cm³/mol. The summed E-state index contributed by atoms with van der Waals surface area (Å²) in [6.45, 7) is 3.27. The predicted octanol–water partition coefficient (Wildman–Crippen LogP) is 2.00. The van der Waals surface area contributed by atoms with Gasteiger partial charge in [0.15, 0.2) is 0 Å². The molecule has 2 aliphatic rings. The van der Waals surface area contributed by atoms with Crippen LogP contribution in [0.1, 0.15) is 19.3 Å². The zero-order valence-corrected chi connectivity index (χ0v) is 13.8. The lowest BCUT2D eigenvalue weighted by Crippen LogP contribution is -2.39. The highest BCUT2D eigenvalue weighted by Crippen LogP contribution is 2.41. The number of sulfonamides is 1. The molecule has 0 saturated carbocycles. The molecule has 4 rings (SSSR count). The minimum absolute atomic E-state index is 0.171. The van der Waals surface area contributed by atoms with Crippen molar-refractivity contribution in [2.45, 2.75) is 24.2 Å². The molecular formula is C17H21N3O2S. The van der Waals surface area contributed by atoms with Crippen molar-refractivity contribution in [1.82, 2.24) is 14.6 Å². The molecule has 0 radical (unpaired) electrons. The van der Waals surface area contributed by atoms with Crippen molar-refractivity contribution in [2.75, 3.05) is 26.2 Å². The van der Waals surface area contributed by atoms with Crippen molar-refractivity contribution in [3.63, 3.8) is 0 Å². The first kappa shape index (κ1) is 15.1. The minimum Gasteiger partial charge on any atom is -0.317 e. The monoisotopic (exact) mass is 331 g/mol. The number of aromatic nitrogens is 1. The smallest absolute Gasteiger partial charge is 0.243 e. The Morgan fingerprint density at radius 2 is 1.96 bits per heavy atom.